The van der Waals surface area contributed by atoms with Crippen LogP contribution in [0.1, 0.15) is 61.0 Å². The summed E-state index contributed by atoms with van der Waals surface area (Å²) in [6, 6.07) is 21.8. The smallest absolute Gasteiger partial charge is 0.310 e. The van der Waals surface area contributed by atoms with Crippen molar-refractivity contribution in [1.82, 2.24) is 14.7 Å². The predicted octanol–water partition coefficient (Wildman–Crippen LogP) is 4.77. The van der Waals surface area contributed by atoms with Crippen LogP contribution in [-0.2, 0) is 20.7 Å². The highest BCUT2D eigenvalue weighted by molar-refractivity contribution is 6.01. The van der Waals surface area contributed by atoms with Gasteiger partial charge in [0.25, 0.3) is 11.5 Å². The summed E-state index contributed by atoms with van der Waals surface area (Å²) in [7, 11) is 0. The molecule has 1 saturated carbocycles. The van der Waals surface area contributed by atoms with Gasteiger partial charge < -0.3 is 15.4 Å². The number of hydrogen-bond donors (Lipinski definition) is 2. The lowest BCUT2D eigenvalue weighted by atomic mass is 9.95. The van der Waals surface area contributed by atoms with E-state index in [9.17, 15) is 19.2 Å². The minimum Gasteiger partial charge on any atom is -0.466 e. The fourth-order valence-electron chi connectivity index (χ4n) is 5.42. The number of aromatic nitrogens is 2. The largest absolute Gasteiger partial charge is 0.466 e. The Kier molecular flexibility index (Phi) is 8.62. The molecule has 0 unspecified atom stereocenters. The fourth-order valence-corrected chi connectivity index (χ4v) is 5.42. The molecule has 9 heteroatoms. The predicted molar refractivity (Wildman–Crippen MR) is 157 cm³/mol. The van der Waals surface area contributed by atoms with Crippen LogP contribution in [0.3, 0.4) is 0 Å². The molecule has 0 aliphatic heterocycles. The third-order valence-electron chi connectivity index (χ3n) is 7.37. The number of hydrogen-bond acceptors (Lipinski definition) is 5. The summed E-state index contributed by atoms with van der Waals surface area (Å²) in [5.74, 6) is -1.15. The van der Waals surface area contributed by atoms with Crippen LogP contribution in [0.15, 0.2) is 77.6 Å². The third kappa shape index (κ3) is 6.40. The SMILES string of the molecule is CCOC(=O)Cc1ccc(NC(=O)CNC(=O)c2ccc3c(c2)c(=O)n(-c2ccccc2)n3C2CCCCC2)cc1. The van der Waals surface area contributed by atoms with Crippen LogP contribution in [0.5, 0.6) is 0 Å². The molecule has 0 saturated heterocycles. The number of para-hydroxylation sites is 1. The Labute approximate surface area is 238 Å². The molecule has 4 aromatic rings. The summed E-state index contributed by atoms with van der Waals surface area (Å²) in [5.41, 5.74) is 3.04. The quantitative estimate of drug-likeness (QED) is 0.290. The molecule has 1 heterocycles. The van der Waals surface area contributed by atoms with Gasteiger partial charge in [-0.05, 0) is 67.8 Å². The highest BCUT2D eigenvalue weighted by Gasteiger charge is 2.24. The van der Waals surface area contributed by atoms with E-state index in [1.54, 1.807) is 48.0 Å². The maximum absolute atomic E-state index is 13.7. The van der Waals surface area contributed by atoms with Crippen molar-refractivity contribution in [2.24, 2.45) is 0 Å². The molecule has 41 heavy (non-hydrogen) atoms. The number of anilines is 1. The zero-order chi connectivity index (χ0) is 28.8. The molecule has 3 aromatic carbocycles. The highest BCUT2D eigenvalue weighted by atomic mass is 16.5. The topological polar surface area (TPSA) is 111 Å². The Hall–Kier alpha value is -4.66. The number of carbonyl (C=O) groups excluding carboxylic acids is 3. The molecule has 0 atom stereocenters. The van der Waals surface area contributed by atoms with Crippen LogP contribution in [0.4, 0.5) is 5.69 Å². The van der Waals surface area contributed by atoms with Crippen LogP contribution < -0.4 is 16.2 Å². The van der Waals surface area contributed by atoms with Crippen molar-refractivity contribution in [1.29, 1.82) is 0 Å². The summed E-state index contributed by atoms with van der Waals surface area (Å²) in [4.78, 5) is 50.8. The molecule has 2 N–H and O–H groups in total. The Morgan fingerprint density at radius 1 is 0.927 bits per heavy atom. The lowest BCUT2D eigenvalue weighted by Crippen LogP contribution is -2.32. The minimum absolute atomic E-state index is 0.156. The number of amides is 2. The minimum atomic E-state index is -0.442. The zero-order valence-electron chi connectivity index (χ0n) is 23.1. The Bertz CT molecular complexity index is 1600. The molecule has 0 radical (unpaired) electrons. The summed E-state index contributed by atoms with van der Waals surface area (Å²) in [6.07, 6.45) is 5.59. The summed E-state index contributed by atoms with van der Waals surface area (Å²) >= 11 is 0. The van der Waals surface area contributed by atoms with E-state index in [2.05, 4.69) is 15.3 Å². The summed E-state index contributed by atoms with van der Waals surface area (Å²) < 4.78 is 8.77. The van der Waals surface area contributed by atoms with Gasteiger partial charge in [-0.2, -0.15) is 0 Å². The molecule has 212 valence electrons. The zero-order valence-corrected chi connectivity index (χ0v) is 23.1. The van der Waals surface area contributed by atoms with Gasteiger partial charge in [0.15, 0.2) is 0 Å². The number of esters is 1. The standard InChI is InChI=1S/C32H34N4O5/c1-2-41-30(38)19-22-13-16-24(17-14-22)34-29(37)21-33-31(39)23-15-18-28-27(20-23)32(40)36(26-11-7-4-8-12-26)35(28)25-9-5-3-6-10-25/h4,7-8,11-18,20,25H,2-3,5-6,9-10,19,21H2,1H3,(H,33,39)(H,34,37). The molecular formula is C32H34N4O5. The fraction of sp³-hybridized carbons (Fsp3) is 0.312. The van der Waals surface area contributed by atoms with E-state index in [0.717, 1.165) is 42.5 Å². The molecule has 2 amide bonds. The van der Waals surface area contributed by atoms with Gasteiger partial charge in [0, 0.05) is 11.3 Å². The van der Waals surface area contributed by atoms with Crippen molar-refractivity contribution in [2.45, 2.75) is 51.5 Å². The number of carbonyl (C=O) groups is 3. The second-order valence-electron chi connectivity index (χ2n) is 10.2. The molecular weight excluding hydrogens is 520 g/mol. The van der Waals surface area contributed by atoms with Gasteiger partial charge in [0.05, 0.1) is 42.2 Å². The number of rotatable bonds is 9. The average molecular weight is 555 g/mol. The van der Waals surface area contributed by atoms with Crippen molar-refractivity contribution in [2.75, 3.05) is 18.5 Å². The van der Waals surface area contributed by atoms with Gasteiger partial charge in [-0.15, -0.1) is 0 Å². The van der Waals surface area contributed by atoms with Crippen molar-refractivity contribution < 1.29 is 19.1 Å². The van der Waals surface area contributed by atoms with Crippen molar-refractivity contribution >= 4 is 34.4 Å². The summed E-state index contributed by atoms with van der Waals surface area (Å²) in [5, 5.41) is 5.85. The van der Waals surface area contributed by atoms with Crippen LogP contribution in [0, 0.1) is 0 Å². The molecule has 1 fully saturated rings. The highest BCUT2D eigenvalue weighted by Crippen LogP contribution is 2.31. The van der Waals surface area contributed by atoms with E-state index in [1.807, 2.05) is 36.4 Å². The first-order valence-corrected chi connectivity index (χ1v) is 14.1. The number of ether oxygens (including phenoxy) is 1. The molecule has 1 aliphatic carbocycles. The second-order valence-corrected chi connectivity index (χ2v) is 10.2. The van der Waals surface area contributed by atoms with E-state index in [4.69, 9.17) is 4.74 Å². The first-order chi connectivity index (χ1) is 19.9. The van der Waals surface area contributed by atoms with Crippen LogP contribution >= 0.6 is 0 Å². The van der Waals surface area contributed by atoms with Crippen molar-refractivity contribution in [3.05, 3.63) is 94.3 Å². The van der Waals surface area contributed by atoms with Gasteiger partial charge in [-0.3, -0.25) is 23.9 Å². The third-order valence-corrected chi connectivity index (χ3v) is 7.37. The number of nitrogens with zero attached hydrogens (tertiary/aromatic N) is 2. The van der Waals surface area contributed by atoms with E-state index in [1.165, 1.54) is 6.42 Å². The average Bonchev–Trinajstić information content (AvgIpc) is 3.29. The molecule has 0 bridgehead atoms. The van der Waals surface area contributed by atoms with Gasteiger partial charge in [0.1, 0.15) is 0 Å². The first kappa shape index (κ1) is 27.9. The lowest BCUT2D eigenvalue weighted by molar-refractivity contribution is -0.142. The van der Waals surface area contributed by atoms with Gasteiger partial charge in [-0.25, -0.2) is 4.68 Å². The summed E-state index contributed by atoms with van der Waals surface area (Å²) in [6.45, 7) is 1.84. The molecule has 0 spiro atoms. The Balaban J connectivity index is 1.29. The Morgan fingerprint density at radius 2 is 1.66 bits per heavy atom. The van der Waals surface area contributed by atoms with E-state index in [0.29, 0.717) is 23.2 Å². The molecule has 1 aromatic heterocycles. The maximum Gasteiger partial charge on any atom is 0.310 e. The normalized spacial score (nSPS) is 13.6. The Morgan fingerprint density at radius 3 is 2.37 bits per heavy atom. The van der Waals surface area contributed by atoms with Gasteiger partial charge >= 0.3 is 5.97 Å². The number of fused-ring (bicyclic) bond motifs is 1. The maximum atomic E-state index is 13.7. The van der Waals surface area contributed by atoms with Crippen LogP contribution in [-0.4, -0.2) is 40.3 Å². The number of benzene rings is 3. The molecule has 1 aliphatic rings. The molecule has 9 nitrogen and oxygen atoms in total. The van der Waals surface area contributed by atoms with Crippen molar-refractivity contribution in [3.63, 3.8) is 0 Å². The molecule has 5 rings (SSSR count). The lowest BCUT2D eigenvalue weighted by Gasteiger charge is -2.26. The van der Waals surface area contributed by atoms with E-state index < -0.39 is 11.8 Å². The van der Waals surface area contributed by atoms with Gasteiger partial charge in [-0.1, -0.05) is 49.6 Å². The van der Waals surface area contributed by atoms with E-state index in [-0.39, 0.29) is 30.5 Å². The van der Waals surface area contributed by atoms with Crippen LogP contribution in [0.25, 0.3) is 16.6 Å². The van der Waals surface area contributed by atoms with Crippen molar-refractivity contribution in [3.8, 4) is 5.69 Å². The number of nitrogens with one attached hydrogen (secondary N) is 2. The van der Waals surface area contributed by atoms with Gasteiger partial charge in [0.2, 0.25) is 5.91 Å². The second kappa shape index (κ2) is 12.7. The van der Waals surface area contributed by atoms with Crippen LogP contribution in [0.2, 0.25) is 0 Å². The van der Waals surface area contributed by atoms with E-state index >= 15 is 0 Å². The monoisotopic (exact) mass is 554 g/mol. The first-order valence-electron chi connectivity index (χ1n) is 14.1.